The number of fused-ring (bicyclic) bond motifs is 1. The number of Topliss-reactive ketones (excluding diaryl/α,β-unsaturated/α-hetero) is 1. The van der Waals surface area contributed by atoms with Crippen molar-refractivity contribution in [1.29, 1.82) is 0 Å². The molecule has 2 rings (SSSR count). The first-order valence-corrected chi connectivity index (χ1v) is 5.29. The zero-order valence-corrected chi connectivity index (χ0v) is 9.62. The van der Waals surface area contributed by atoms with Crippen LogP contribution < -0.4 is 0 Å². The van der Waals surface area contributed by atoms with Crippen LogP contribution in [0.5, 0.6) is 0 Å². The Labute approximate surface area is 93.7 Å². The first-order chi connectivity index (χ1) is 7.50. The Bertz CT molecular complexity index is 554. The molecule has 0 unspecified atom stereocenters. The van der Waals surface area contributed by atoms with E-state index in [0.717, 1.165) is 5.52 Å². The summed E-state index contributed by atoms with van der Waals surface area (Å²) in [5.41, 5.74) is 1.48. The van der Waals surface area contributed by atoms with Crippen LogP contribution >= 0.6 is 0 Å². The van der Waals surface area contributed by atoms with Gasteiger partial charge in [-0.3, -0.25) is 4.79 Å². The van der Waals surface area contributed by atoms with E-state index in [4.69, 9.17) is 0 Å². The summed E-state index contributed by atoms with van der Waals surface area (Å²) >= 11 is 0. The van der Waals surface area contributed by atoms with Crippen molar-refractivity contribution >= 4 is 16.7 Å². The molecular weight excluding hydrogens is 205 g/mol. The van der Waals surface area contributed by atoms with Crippen molar-refractivity contribution in [3.05, 3.63) is 35.8 Å². The fourth-order valence-electron chi connectivity index (χ4n) is 1.87. The van der Waals surface area contributed by atoms with Crippen molar-refractivity contribution in [2.75, 3.05) is 0 Å². The summed E-state index contributed by atoms with van der Waals surface area (Å²) in [6.45, 7) is 3.70. The number of aromatic nitrogens is 1. The second-order valence-corrected chi connectivity index (χ2v) is 4.33. The van der Waals surface area contributed by atoms with Crippen molar-refractivity contribution in [2.24, 2.45) is 13.0 Å². The minimum absolute atomic E-state index is 0.0520. The number of halogens is 1. The van der Waals surface area contributed by atoms with Crippen LogP contribution in [0.2, 0.25) is 0 Å². The normalized spacial score (nSPS) is 11.3. The molecule has 16 heavy (non-hydrogen) atoms. The molecule has 0 saturated carbocycles. The molecule has 1 heterocycles. The third-order valence-electron chi connectivity index (χ3n) is 2.74. The molecule has 0 fully saturated rings. The third kappa shape index (κ3) is 1.62. The minimum Gasteiger partial charge on any atom is -0.350 e. The van der Waals surface area contributed by atoms with Crippen LogP contribution in [0.4, 0.5) is 4.39 Å². The van der Waals surface area contributed by atoms with Gasteiger partial charge in [-0.1, -0.05) is 13.8 Å². The molecule has 0 aliphatic heterocycles. The van der Waals surface area contributed by atoms with Gasteiger partial charge in [0.05, 0.1) is 0 Å². The second kappa shape index (κ2) is 3.74. The van der Waals surface area contributed by atoms with Gasteiger partial charge in [0, 0.05) is 35.6 Å². The number of rotatable bonds is 2. The van der Waals surface area contributed by atoms with E-state index in [2.05, 4.69) is 0 Å². The van der Waals surface area contributed by atoms with Crippen molar-refractivity contribution < 1.29 is 9.18 Å². The molecule has 1 aromatic heterocycles. The molecule has 0 atom stereocenters. The molecule has 0 N–H and O–H groups in total. The molecule has 1 aromatic carbocycles. The topological polar surface area (TPSA) is 22.0 Å². The highest BCUT2D eigenvalue weighted by molar-refractivity contribution is 6.08. The lowest BCUT2D eigenvalue weighted by Gasteiger charge is -2.01. The molecular formula is C13H14FNO. The van der Waals surface area contributed by atoms with Crippen molar-refractivity contribution in [3.8, 4) is 0 Å². The van der Waals surface area contributed by atoms with Gasteiger partial charge in [0.25, 0.3) is 0 Å². The lowest BCUT2D eigenvalue weighted by Crippen LogP contribution is -2.06. The van der Waals surface area contributed by atoms with E-state index in [1.54, 1.807) is 12.3 Å². The number of nitrogens with zero attached hydrogens (tertiary/aromatic N) is 1. The number of hydrogen-bond donors (Lipinski definition) is 0. The van der Waals surface area contributed by atoms with Crippen LogP contribution in [0.1, 0.15) is 24.2 Å². The fourth-order valence-corrected chi connectivity index (χ4v) is 1.87. The predicted molar refractivity (Wildman–Crippen MR) is 62.0 cm³/mol. The predicted octanol–water partition coefficient (Wildman–Crippen LogP) is 3.16. The van der Waals surface area contributed by atoms with E-state index in [0.29, 0.717) is 10.9 Å². The summed E-state index contributed by atoms with van der Waals surface area (Å²) < 4.78 is 15.0. The Morgan fingerprint density at radius 1 is 1.38 bits per heavy atom. The van der Waals surface area contributed by atoms with Gasteiger partial charge in [-0.05, 0) is 18.2 Å². The summed E-state index contributed by atoms with van der Waals surface area (Å²) in [5, 5.41) is 0.696. The lowest BCUT2D eigenvalue weighted by atomic mass is 10.0. The standard InChI is InChI=1S/C13H14FNO/c1-8(2)13(16)11-7-15(3)12-5-4-9(14)6-10(11)12/h4-8H,1-3H3. The third-order valence-corrected chi connectivity index (χ3v) is 2.74. The number of aryl methyl sites for hydroxylation is 1. The second-order valence-electron chi connectivity index (χ2n) is 4.33. The van der Waals surface area contributed by atoms with Crippen molar-refractivity contribution in [1.82, 2.24) is 4.57 Å². The maximum absolute atomic E-state index is 13.2. The maximum Gasteiger partial charge on any atom is 0.167 e. The van der Waals surface area contributed by atoms with Crippen molar-refractivity contribution in [2.45, 2.75) is 13.8 Å². The van der Waals surface area contributed by atoms with E-state index in [-0.39, 0.29) is 17.5 Å². The number of carbonyl (C=O) groups excluding carboxylic acids is 1. The minimum atomic E-state index is -0.309. The van der Waals surface area contributed by atoms with E-state index >= 15 is 0 Å². The molecule has 0 bridgehead atoms. The molecule has 3 heteroatoms. The Morgan fingerprint density at radius 3 is 2.69 bits per heavy atom. The highest BCUT2D eigenvalue weighted by atomic mass is 19.1. The zero-order valence-electron chi connectivity index (χ0n) is 9.62. The van der Waals surface area contributed by atoms with Gasteiger partial charge < -0.3 is 4.57 Å². The van der Waals surface area contributed by atoms with E-state index in [1.807, 2.05) is 25.5 Å². The zero-order chi connectivity index (χ0) is 11.9. The van der Waals surface area contributed by atoms with Crippen molar-refractivity contribution in [3.63, 3.8) is 0 Å². The fraction of sp³-hybridized carbons (Fsp3) is 0.308. The Morgan fingerprint density at radius 2 is 2.06 bits per heavy atom. The molecule has 0 aliphatic rings. The quantitative estimate of drug-likeness (QED) is 0.711. The molecule has 0 radical (unpaired) electrons. The Balaban J connectivity index is 2.71. The van der Waals surface area contributed by atoms with Gasteiger partial charge in [0.15, 0.2) is 5.78 Å². The molecule has 0 amide bonds. The molecule has 0 spiro atoms. The molecule has 0 saturated heterocycles. The maximum atomic E-state index is 13.2. The largest absolute Gasteiger partial charge is 0.350 e. The lowest BCUT2D eigenvalue weighted by molar-refractivity contribution is 0.0941. The number of ketones is 1. The Hall–Kier alpha value is -1.64. The van der Waals surface area contributed by atoms with Crippen LogP contribution in [0.15, 0.2) is 24.4 Å². The Kier molecular flexibility index (Phi) is 2.54. The van der Waals surface area contributed by atoms with Gasteiger partial charge >= 0.3 is 0 Å². The summed E-state index contributed by atoms with van der Waals surface area (Å²) in [4.78, 5) is 11.9. The first kappa shape index (κ1) is 10.9. The summed E-state index contributed by atoms with van der Waals surface area (Å²) in [7, 11) is 1.86. The molecule has 2 nitrogen and oxygen atoms in total. The average Bonchev–Trinajstić information content (AvgIpc) is 2.54. The van der Waals surface area contributed by atoms with Crippen LogP contribution in [-0.2, 0) is 7.05 Å². The average molecular weight is 219 g/mol. The SMILES string of the molecule is CC(C)C(=O)c1cn(C)c2ccc(F)cc12. The van der Waals surface area contributed by atoms with Gasteiger partial charge in [0.1, 0.15) is 5.82 Å². The summed E-state index contributed by atoms with van der Waals surface area (Å²) in [6.07, 6.45) is 1.77. The van der Waals surface area contributed by atoms with Gasteiger partial charge in [-0.2, -0.15) is 0 Å². The van der Waals surface area contributed by atoms with Crippen LogP contribution in [0.25, 0.3) is 10.9 Å². The smallest absolute Gasteiger partial charge is 0.167 e. The van der Waals surface area contributed by atoms with Gasteiger partial charge in [0.2, 0.25) is 0 Å². The van der Waals surface area contributed by atoms with Crippen LogP contribution in [-0.4, -0.2) is 10.4 Å². The van der Waals surface area contributed by atoms with Crippen LogP contribution in [0.3, 0.4) is 0 Å². The number of hydrogen-bond acceptors (Lipinski definition) is 1. The van der Waals surface area contributed by atoms with E-state index < -0.39 is 0 Å². The molecule has 2 aromatic rings. The van der Waals surface area contributed by atoms with E-state index in [1.165, 1.54) is 12.1 Å². The number of carbonyl (C=O) groups is 1. The monoisotopic (exact) mass is 219 g/mol. The van der Waals surface area contributed by atoms with Crippen LogP contribution in [0, 0.1) is 11.7 Å². The summed E-state index contributed by atoms with van der Waals surface area (Å²) in [6, 6.07) is 4.53. The highest BCUT2D eigenvalue weighted by Crippen LogP contribution is 2.23. The van der Waals surface area contributed by atoms with E-state index in [9.17, 15) is 9.18 Å². The van der Waals surface area contributed by atoms with Gasteiger partial charge in [-0.15, -0.1) is 0 Å². The highest BCUT2D eigenvalue weighted by Gasteiger charge is 2.16. The summed E-state index contributed by atoms with van der Waals surface area (Å²) in [5.74, 6) is -0.332. The van der Waals surface area contributed by atoms with Gasteiger partial charge in [-0.25, -0.2) is 4.39 Å². The first-order valence-electron chi connectivity index (χ1n) is 5.29. The molecule has 0 aliphatic carbocycles. The molecule has 84 valence electrons. The number of benzene rings is 1.